The molecule has 1 heterocycles. The molecule has 222 valence electrons. The van der Waals surface area contributed by atoms with Crippen LogP contribution in [0.25, 0.3) is 0 Å². The first kappa shape index (κ1) is 30.4. The molecule has 3 amide bonds. The highest BCUT2D eigenvalue weighted by Crippen LogP contribution is 2.39. The van der Waals surface area contributed by atoms with Crippen molar-refractivity contribution in [2.45, 2.75) is 62.9 Å². The van der Waals surface area contributed by atoms with Crippen LogP contribution in [0.5, 0.6) is 0 Å². The monoisotopic (exact) mass is 578 g/mol. The van der Waals surface area contributed by atoms with Crippen molar-refractivity contribution in [1.82, 2.24) is 20.9 Å². The normalized spacial score (nSPS) is 23.2. The highest BCUT2D eigenvalue weighted by atomic mass is 19.4. The molecule has 0 spiro atoms. The standard InChI is InChI=1S/C29H34F4N4O4/c1-2-34-27(40)23-7-6-19(15-24(23)30)28(41)11-8-22(9-12-28)37-13-10-21(17-37)36-25(38)16-35-26(39)18-4-3-5-20(14-18)29(31,32)33/h3-7,14-15,21-22,41H,2,8-13,16-17H2,1H3,(H,34,40)(H,35,39)(H,36,38)/t21-,22?,28?/m1/s1. The SMILES string of the molecule is CCNC(=O)c1ccc(C2(O)CCC(N3CC[C@@H](NC(=O)CNC(=O)c4cccc(C(F)(F)F)c4)C3)CC2)cc1F. The Kier molecular flexibility index (Phi) is 9.33. The number of benzene rings is 2. The molecule has 1 aliphatic heterocycles. The first-order valence-corrected chi connectivity index (χ1v) is 13.7. The Morgan fingerprint density at radius 2 is 1.76 bits per heavy atom. The zero-order valence-electron chi connectivity index (χ0n) is 22.7. The fourth-order valence-electron chi connectivity index (χ4n) is 5.59. The molecular weight excluding hydrogens is 544 g/mol. The van der Waals surface area contributed by atoms with Crippen LogP contribution < -0.4 is 16.0 Å². The number of alkyl halides is 3. The van der Waals surface area contributed by atoms with Gasteiger partial charge in [0, 0.05) is 37.3 Å². The van der Waals surface area contributed by atoms with Crippen LogP contribution in [0.1, 0.15) is 70.9 Å². The van der Waals surface area contributed by atoms with Crippen molar-refractivity contribution in [3.63, 3.8) is 0 Å². The van der Waals surface area contributed by atoms with E-state index in [0.717, 1.165) is 24.7 Å². The molecule has 8 nitrogen and oxygen atoms in total. The van der Waals surface area contributed by atoms with Crippen molar-refractivity contribution >= 4 is 17.7 Å². The van der Waals surface area contributed by atoms with Gasteiger partial charge in [-0.1, -0.05) is 12.1 Å². The van der Waals surface area contributed by atoms with Gasteiger partial charge in [0.05, 0.1) is 23.3 Å². The predicted molar refractivity (Wildman–Crippen MR) is 142 cm³/mol. The molecular formula is C29H34F4N4O4. The summed E-state index contributed by atoms with van der Waals surface area (Å²) in [5.41, 5.74) is -1.93. The number of nitrogens with one attached hydrogen (secondary N) is 3. The summed E-state index contributed by atoms with van der Waals surface area (Å²) >= 11 is 0. The molecule has 41 heavy (non-hydrogen) atoms. The molecule has 0 radical (unpaired) electrons. The third kappa shape index (κ3) is 7.42. The van der Waals surface area contributed by atoms with E-state index in [1.807, 2.05) is 0 Å². The van der Waals surface area contributed by atoms with Gasteiger partial charge in [-0.05, 0) is 74.9 Å². The molecule has 4 rings (SSSR count). The number of carbonyl (C=O) groups is 3. The van der Waals surface area contributed by atoms with Crippen molar-refractivity contribution < 1.29 is 37.1 Å². The minimum Gasteiger partial charge on any atom is -0.385 e. The maximum atomic E-state index is 14.6. The third-order valence-electron chi connectivity index (χ3n) is 7.83. The Bertz CT molecular complexity index is 1280. The number of aliphatic hydroxyl groups is 1. The molecule has 0 unspecified atom stereocenters. The van der Waals surface area contributed by atoms with Gasteiger partial charge in [-0.2, -0.15) is 13.2 Å². The average molecular weight is 579 g/mol. The summed E-state index contributed by atoms with van der Waals surface area (Å²) < 4.78 is 53.3. The number of hydrogen-bond donors (Lipinski definition) is 4. The Hall–Kier alpha value is -3.51. The molecule has 1 saturated heterocycles. The minimum atomic E-state index is -4.57. The van der Waals surface area contributed by atoms with Crippen LogP contribution in [0.15, 0.2) is 42.5 Å². The maximum Gasteiger partial charge on any atom is 0.416 e. The molecule has 1 aliphatic carbocycles. The van der Waals surface area contributed by atoms with Gasteiger partial charge < -0.3 is 21.1 Å². The van der Waals surface area contributed by atoms with Gasteiger partial charge in [-0.25, -0.2) is 4.39 Å². The van der Waals surface area contributed by atoms with Crippen LogP contribution in [0, 0.1) is 5.82 Å². The van der Waals surface area contributed by atoms with Crippen molar-refractivity contribution in [3.05, 3.63) is 70.5 Å². The number of carbonyl (C=O) groups excluding carboxylic acids is 3. The van der Waals surface area contributed by atoms with Crippen LogP contribution in [-0.4, -0.2) is 66.0 Å². The molecule has 2 aromatic rings. The van der Waals surface area contributed by atoms with Crippen LogP contribution in [-0.2, 0) is 16.6 Å². The Morgan fingerprint density at radius 3 is 2.41 bits per heavy atom. The average Bonchev–Trinajstić information content (AvgIpc) is 3.40. The molecule has 0 aromatic heterocycles. The summed E-state index contributed by atoms with van der Waals surface area (Å²) in [6.07, 6.45) is -1.69. The lowest BCUT2D eigenvalue weighted by Gasteiger charge is -2.40. The summed E-state index contributed by atoms with van der Waals surface area (Å²) in [6, 6.07) is 8.26. The van der Waals surface area contributed by atoms with E-state index in [4.69, 9.17) is 0 Å². The molecule has 2 aliphatic rings. The summed E-state index contributed by atoms with van der Waals surface area (Å²) in [6.45, 7) is 3.09. The van der Waals surface area contributed by atoms with E-state index in [0.29, 0.717) is 50.8 Å². The van der Waals surface area contributed by atoms with Gasteiger partial charge in [0.15, 0.2) is 0 Å². The van der Waals surface area contributed by atoms with Crippen LogP contribution in [0.3, 0.4) is 0 Å². The third-order valence-corrected chi connectivity index (χ3v) is 7.83. The minimum absolute atomic E-state index is 0.0618. The maximum absolute atomic E-state index is 14.6. The van der Waals surface area contributed by atoms with Crippen LogP contribution in [0.4, 0.5) is 17.6 Å². The van der Waals surface area contributed by atoms with E-state index in [9.17, 15) is 37.1 Å². The van der Waals surface area contributed by atoms with Crippen molar-refractivity contribution in [1.29, 1.82) is 0 Å². The lowest BCUT2D eigenvalue weighted by atomic mass is 9.77. The molecule has 0 bridgehead atoms. The lowest BCUT2D eigenvalue weighted by molar-refractivity contribution is -0.137. The predicted octanol–water partition coefficient (Wildman–Crippen LogP) is 3.34. The van der Waals surface area contributed by atoms with Gasteiger partial charge in [0.25, 0.3) is 11.8 Å². The zero-order valence-corrected chi connectivity index (χ0v) is 22.7. The number of likely N-dealkylation sites (tertiary alicyclic amines) is 1. The van der Waals surface area contributed by atoms with Gasteiger partial charge in [-0.3, -0.25) is 19.3 Å². The lowest BCUT2D eigenvalue weighted by Crippen LogP contribution is -2.45. The van der Waals surface area contributed by atoms with E-state index < -0.39 is 40.9 Å². The topological polar surface area (TPSA) is 111 Å². The molecule has 2 aromatic carbocycles. The fraction of sp³-hybridized carbons (Fsp3) is 0.483. The Balaban J connectivity index is 1.23. The van der Waals surface area contributed by atoms with Crippen molar-refractivity contribution in [3.8, 4) is 0 Å². The number of halogens is 4. The van der Waals surface area contributed by atoms with E-state index in [1.165, 1.54) is 18.2 Å². The van der Waals surface area contributed by atoms with Gasteiger partial charge in [0.1, 0.15) is 5.82 Å². The van der Waals surface area contributed by atoms with E-state index >= 15 is 0 Å². The van der Waals surface area contributed by atoms with E-state index in [2.05, 4.69) is 20.9 Å². The van der Waals surface area contributed by atoms with Gasteiger partial charge in [0.2, 0.25) is 5.91 Å². The Morgan fingerprint density at radius 1 is 1.02 bits per heavy atom. The summed E-state index contributed by atoms with van der Waals surface area (Å²) in [7, 11) is 0. The second-order valence-corrected chi connectivity index (χ2v) is 10.6. The summed E-state index contributed by atoms with van der Waals surface area (Å²) in [5.74, 6) is -2.38. The number of nitrogens with zero attached hydrogens (tertiary/aromatic N) is 1. The van der Waals surface area contributed by atoms with Crippen LogP contribution >= 0.6 is 0 Å². The second-order valence-electron chi connectivity index (χ2n) is 10.6. The van der Waals surface area contributed by atoms with Gasteiger partial charge in [-0.15, -0.1) is 0 Å². The van der Waals surface area contributed by atoms with Crippen LogP contribution in [0.2, 0.25) is 0 Å². The molecule has 4 N–H and O–H groups in total. The first-order valence-electron chi connectivity index (χ1n) is 13.7. The Labute approximate surface area is 235 Å². The number of rotatable bonds is 8. The summed E-state index contributed by atoms with van der Waals surface area (Å²) in [4.78, 5) is 38.9. The quantitative estimate of drug-likeness (QED) is 0.359. The van der Waals surface area contributed by atoms with Crippen molar-refractivity contribution in [2.75, 3.05) is 26.2 Å². The van der Waals surface area contributed by atoms with Gasteiger partial charge >= 0.3 is 6.18 Å². The second kappa shape index (κ2) is 12.6. The largest absolute Gasteiger partial charge is 0.416 e. The molecule has 12 heteroatoms. The molecule has 2 fully saturated rings. The highest BCUT2D eigenvalue weighted by molar-refractivity contribution is 5.96. The first-order chi connectivity index (χ1) is 19.4. The fourth-order valence-corrected chi connectivity index (χ4v) is 5.59. The van der Waals surface area contributed by atoms with Crippen molar-refractivity contribution in [2.24, 2.45) is 0 Å². The van der Waals surface area contributed by atoms with E-state index in [1.54, 1.807) is 13.0 Å². The molecule has 1 atom stereocenters. The number of hydrogen-bond acceptors (Lipinski definition) is 5. The van der Waals surface area contributed by atoms with E-state index in [-0.39, 0.29) is 29.8 Å². The highest BCUT2D eigenvalue weighted by Gasteiger charge is 2.39. The zero-order chi connectivity index (χ0) is 29.8. The smallest absolute Gasteiger partial charge is 0.385 e. The summed E-state index contributed by atoms with van der Waals surface area (Å²) in [5, 5.41) is 19.0. The number of amides is 3. The molecule has 1 saturated carbocycles.